The first-order valence-electron chi connectivity index (χ1n) is 5.56. The molecule has 0 aliphatic carbocycles. The molecule has 0 bridgehead atoms. The topological polar surface area (TPSA) is 61.0 Å². The maximum Gasteiger partial charge on any atom is 0.237 e. The molecular weight excluding hydrogens is 252 g/mol. The Morgan fingerprint density at radius 1 is 1.11 bits per heavy atom. The molecule has 0 radical (unpaired) electrons. The largest absolute Gasteiger partial charge is 0.480 e. The number of hydrogen-bond donors (Lipinski definition) is 1. The first kappa shape index (κ1) is 13.4. The number of halogens is 2. The van der Waals surface area contributed by atoms with Crippen LogP contribution in [0.3, 0.4) is 0 Å². The van der Waals surface area contributed by atoms with E-state index < -0.39 is 17.2 Å². The van der Waals surface area contributed by atoms with Crippen molar-refractivity contribution >= 4 is 0 Å². The Morgan fingerprint density at radius 2 is 1.68 bits per heavy atom. The fourth-order valence-electron chi connectivity index (χ4n) is 1.82. The number of methoxy groups -OCH3 is 1. The summed E-state index contributed by atoms with van der Waals surface area (Å²) in [5.41, 5.74) is 5.50. The molecular formula is C13H13F2N3O. The minimum absolute atomic E-state index is 0.220. The Hall–Kier alpha value is -2.08. The normalized spacial score (nSPS) is 13.9. The molecule has 0 fully saturated rings. The minimum atomic E-state index is -1.22. The molecule has 1 atom stereocenters. The highest BCUT2D eigenvalue weighted by atomic mass is 19.1. The molecule has 1 unspecified atom stereocenters. The molecule has 100 valence electrons. The van der Waals surface area contributed by atoms with Gasteiger partial charge in [0.1, 0.15) is 17.3 Å². The van der Waals surface area contributed by atoms with Crippen molar-refractivity contribution in [3.63, 3.8) is 0 Å². The van der Waals surface area contributed by atoms with Gasteiger partial charge in [0.05, 0.1) is 12.6 Å². The summed E-state index contributed by atoms with van der Waals surface area (Å²) in [6.07, 6.45) is 2.89. The SMILES string of the molecule is COc1nccnc1C(C)(N)c1cc(F)cc(F)c1. The van der Waals surface area contributed by atoms with Crippen molar-refractivity contribution in [2.45, 2.75) is 12.5 Å². The summed E-state index contributed by atoms with van der Waals surface area (Å²) in [7, 11) is 1.43. The first-order chi connectivity index (χ1) is 8.95. The molecule has 0 aliphatic heterocycles. The van der Waals surface area contributed by atoms with E-state index in [0.29, 0.717) is 5.69 Å². The van der Waals surface area contributed by atoms with E-state index in [2.05, 4.69) is 9.97 Å². The molecule has 0 saturated heterocycles. The fraction of sp³-hybridized carbons (Fsp3) is 0.231. The van der Waals surface area contributed by atoms with Crippen LogP contribution in [0.4, 0.5) is 8.78 Å². The van der Waals surface area contributed by atoms with E-state index in [1.54, 1.807) is 6.92 Å². The van der Waals surface area contributed by atoms with Crippen molar-refractivity contribution in [2.75, 3.05) is 7.11 Å². The van der Waals surface area contributed by atoms with Crippen molar-refractivity contribution in [1.82, 2.24) is 9.97 Å². The van der Waals surface area contributed by atoms with Gasteiger partial charge in [-0.05, 0) is 24.6 Å². The van der Waals surface area contributed by atoms with Gasteiger partial charge in [-0.2, -0.15) is 0 Å². The van der Waals surface area contributed by atoms with Crippen LogP contribution in [0.15, 0.2) is 30.6 Å². The Labute approximate surface area is 109 Å². The summed E-state index contributed by atoms with van der Waals surface area (Å²) in [5, 5.41) is 0. The predicted molar refractivity (Wildman–Crippen MR) is 65.6 cm³/mol. The third-order valence-corrected chi connectivity index (χ3v) is 2.81. The smallest absolute Gasteiger partial charge is 0.237 e. The molecule has 1 aromatic heterocycles. The Kier molecular flexibility index (Phi) is 3.44. The number of ether oxygens (including phenoxy) is 1. The van der Waals surface area contributed by atoms with Gasteiger partial charge < -0.3 is 10.5 Å². The second-order valence-corrected chi connectivity index (χ2v) is 4.27. The van der Waals surface area contributed by atoms with Crippen LogP contribution in [0.2, 0.25) is 0 Å². The van der Waals surface area contributed by atoms with E-state index >= 15 is 0 Å². The summed E-state index contributed by atoms with van der Waals surface area (Å²) in [5.74, 6) is -1.18. The molecule has 1 heterocycles. The first-order valence-corrected chi connectivity index (χ1v) is 5.56. The summed E-state index contributed by atoms with van der Waals surface area (Å²) < 4.78 is 31.7. The van der Waals surface area contributed by atoms with Gasteiger partial charge in [-0.25, -0.2) is 13.8 Å². The zero-order valence-electron chi connectivity index (χ0n) is 10.5. The fourth-order valence-corrected chi connectivity index (χ4v) is 1.82. The van der Waals surface area contributed by atoms with Crippen LogP contribution in [-0.2, 0) is 5.54 Å². The molecule has 6 heteroatoms. The van der Waals surface area contributed by atoms with E-state index in [1.807, 2.05) is 0 Å². The van der Waals surface area contributed by atoms with Gasteiger partial charge >= 0.3 is 0 Å². The highest BCUT2D eigenvalue weighted by Crippen LogP contribution is 2.30. The lowest BCUT2D eigenvalue weighted by Gasteiger charge is -2.25. The predicted octanol–water partition coefficient (Wildman–Crippen LogP) is 1.99. The maximum absolute atomic E-state index is 13.3. The molecule has 1 aromatic carbocycles. The van der Waals surface area contributed by atoms with E-state index in [-0.39, 0.29) is 11.4 Å². The van der Waals surface area contributed by atoms with Gasteiger partial charge in [0, 0.05) is 18.5 Å². The Morgan fingerprint density at radius 3 is 2.26 bits per heavy atom. The molecule has 0 amide bonds. The zero-order valence-corrected chi connectivity index (χ0v) is 10.5. The van der Waals surface area contributed by atoms with Crippen LogP contribution in [0.5, 0.6) is 5.88 Å². The number of nitrogens with two attached hydrogens (primary N) is 1. The summed E-state index contributed by atoms with van der Waals surface area (Å²) >= 11 is 0. The second kappa shape index (κ2) is 4.89. The zero-order chi connectivity index (χ0) is 14.0. The number of benzene rings is 1. The van der Waals surface area contributed by atoms with Gasteiger partial charge in [0.15, 0.2) is 0 Å². The van der Waals surface area contributed by atoms with Crippen molar-refractivity contribution < 1.29 is 13.5 Å². The number of hydrogen-bond acceptors (Lipinski definition) is 4. The van der Waals surface area contributed by atoms with Crippen molar-refractivity contribution in [1.29, 1.82) is 0 Å². The second-order valence-electron chi connectivity index (χ2n) is 4.27. The van der Waals surface area contributed by atoms with Gasteiger partial charge in [0.25, 0.3) is 0 Å². The van der Waals surface area contributed by atoms with Gasteiger partial charge in [-0.15, -0.1) is 0 Å². The minimum Gasteiger partial charge on any atom is -0.480 e. The van der Waals surface area contributed by atoms with Crippen LogP contribution in [0, 0.1) is 11.6 Å². The quantitative estimate of drug-likeness (QED) is 0.921. The van der Waals surface area contributed by atoms with E-state index in [0.717, 1.165) is 18.2 Å². The Bertz CT molecular complexity index is 582. The summed E-state index contributed by atoms with van der Waals surface area (Å²) in [6, 6.07) is 3.11. The standard InChI is InChI=1S/C13H13F2N3O/c1-13(16,8-5-9(14)7-10(15)6-8)11-12(19-2)18-4-3-17-11/h3-7H,16H2,1-2H3. The molecule has 19 heavy (non-hydrogen) atoms. The van der Waals surface area contributed by atoms with Crippen molar-refractivity contribution in [3.05, 3.63) is 53.5 Å². The average molecular weight is 265 g/mol. The van der Waals surface area contributed by atoms with Crippen LogP contribution >= 0.6 is 0 Å². The summed E-state index contributed by atoms with van der Waals surface area (Å²) in [4.78, 5) is 8.08. The van der Waals surface area contributed by atoms with E-state index in [4.69, 9.17) is 10.5 Å². The Balaban J connectivity index is 2.57. The van der Waals surface area contributed by atoms with Gasteiger partial charge in [-0.1, -0.05) is 0 Å². The third-order valence-electron chi connectivity index (χ3n) is 2.81. The molecule has 0 saturated carbocycles. The third kappa shape index (κ3) is 2.53. The molecule has 0 aliphatic rings. The maximum atomic E-state index is 13.3. The molecule has 4 nitrogen and oxygen atoms in total. The lowest BCUT2D eigenvalue weighted by atomic mass is 9.89. The number of aromatic nitrogens is 2. The van der Waals surface area contributed by atoms with Crippen LogP contribution in [0.25, 0.3) is 0 Å². The highest BCUT2D eigenvalue weighted by molar-refractivity contribution is 5.38. The van der Waals surface area contributed by atoms with Crippen LogP contribution in [-0.4, -0.2) is 17.1 Å². The van der Waals surface area contributed by atoms with E-state index in [1.165, 1.54) is 19.5 Å². The number of nitrogens with zero attached hydrogens (tertiary/aromatic N) is 2. The lowest BCUT2D eigenvalue weighted by Crippen LogP contribution is -2.36. The van der Waals surface area contributed by atoms with Gasteiger partial charge in [-0.3, -0.25) is 4.98 Å². The van der Waals surface area contributed by atoms with Crippen LogP contribution < -0.4 is 10.5 Å². The monoisotopic (exact) mass is 265 g/mol. The average Bonchev–Trinajstić information content (AvgIpc) is 2.37. The highest BCUT2D eigenvalue weighted by Gasteiger charge is 2.30. The summed E-state index contributed by atoms with van der Waals surface area (Å²) in [6.45, 7) is 1.59. The molecule has 2 rings (SSSR count). The molecule has 2 N–H and O–H groups in total. The van der Waals surface area contributed by atoms with Crippen LogP contribution in [0.1, 0.15) is 18.2 Å². The van der Waals surface area contributed by atoms with E-state index in [9.17, 15) is 8.78 Å². The molecule has 0 spiro atoms. The van der Waals surface area contributed by atoms with Crippen molar-refractivity contribution in [3.8, 4) is 5.88 Å². The number of rotatable bonds is 3. The van der Waals surface area contributed by atoms with Gasteiger partial charge in [0.2, 0.25) is 5.88 Å². The molecule has 2 aromatic rings. The van der Waals surface area contributed by atoms with Crippen molar-refractivity contribution in [2.24, 2.45) is 5.73 Å². The lowest BCUT2D eigenvalue weighted by molar-refractivity contribution is 0.376.